The Morgan fingerprint density at radius 1 is 0.686 bits per heavy atom. The minimum absolute atomic E-state index is 0.0207. The van der Waals surface area contributed by atoms with Crippen LogP contribution in [0.2, 0.25) is 0 Å². The number of nitrogens with zero attached hydrogens (tertiary/aromatic N) is 2. The van der Waals surface area contributed by atoms with Crippen molar-refractivity contribution in [2.24, 2.45) is 0 Å². The number of hydrogen-bond acceptors (Lipinski definition) is 2. The molecule has 0 atom stereocenters. The summed E-state index contributed by atoms with van der Waals surface area (Å²) in [6.45, 7) is 2.11. The quantitative estimate of drug-likeness (QED) is 0.280. The third-order valence-corrected chi connectivity index (χ3v) is 7.36. The van der Waals surface area contributed by atoms with E-state index in [1.807, 2.05) is 24.3 Å². The Labute approximate surface area is 203 Å². The van der Waals surface area contributed by atoms with E-state index in [0.717, 1.165) is 22.3 Å². The smallest absolute Gasteiger partial charge is 0.198 e. The fourth-order valence-electron chi connectivity index (χ4n) is 5.96. The summed E-state index contributed by atoms with van der Waals surface area (Å²) in [7, 11) is 0. The Morgan fingerprint density at radius 3 is 2.09 bits per heavy atom. The van der Waals surface area contributed by atoms with Crippen molar-refractivity contribution in [3.05, 3.63) is 153 Å². The van der Waals surface area contributed by atoms with E-state index in [1.54, 1.807) is 6.20 Å². The van der Waals surface area contributed by atoms with E-state index in [9.17, 15) is 4.79 Å². The molecule has 0 bridgehead atoms. The highest BCUT2D eigenvalue weighted by atomic mass is 16.1. The summed E-state index contributed by atoms with van der Waals surface area (Å²) in [5, 5.41) is 1.35. The molecule has 0 N–H and O–H groups in total. The largest absolute Gasteiger partial charge is 0.293 e. The van der Waals surface area contributed by atoms with Gasteiger partial charge in [-0.1, -0.05) is 84.9 Å². The van der Waals surface area contributed by atoms with E-state index < -0.39 is 5.41 Å². The van der Waals surface area contributed by atoms with Crippen LogP contribution in [0.1, 0.15) is 27.8 Å². The van der Waals surface area contributed by atoms with E-state index in [1.165, 1.54) is 16.7 Å². The molecule has 35 heavy (non-hydrogen) atoms. The van der Waals surface area contributed by atoms with E-state index in [2.05, 4.69) is 96.4 Å². The number of para-hydroxylation sites is 1. The normalized spacial score (nSPS) is 13.6. The Kier molecular flexibility index (Phi) is 4.13. The molecule has 0 saturated carbocycles. The van der Waals surface area contributed by atoms with Crippen molar-refractivity contribution in [2.45, 2.75) is 12.3 Å². The van der Waals surface area contributed by atoms with Crippen LogP contribution in [0.3, 0.4) is 0 Å². The Balaban J connectivity index is 1.82. The molecule has 7 rings (SSSR count). The van der Waals surface area contributed by atoms with Crippen molar-refractivity contribution >= 4 is 21.9 Å². The molecule has 1 aliphatic heterocycles. The van der Waals surface area contributed by atoms with Crippen molar-refractivity contribution in [2.75, 3.05) is 0 Å². The van der Waals surface area contributed by atoms with Crippen LogP contribution in [-0.2, 0) is 5.41 Å². The van der Waals surface area contributed by atoms with Gasteiger partial charge < -0.3 is 0 Å². The first-order valence-corrected chi connectivity index (χ1v) is 11.9. The summed E-state index contributed by atoms with van der Waals surface area (Å²) >= 11 is 0. The SMILES string of the molecule is Cc1ccc2c(c1)-n1c3ncccc3c(=O)c3cccc(c31)C2(c1ccccc1)c1ccccc1. The Hall–Kier alpha value is -4.50. The van der Waals surface area contributed by atoms with Crippen LogP contribution in [0, 0.1) is 6.92 Å². The molecule has 1 aliphatic rings. The molecule has 0 fully saturated rings. The molecule has 4 aromatic carbocycles. The summed E-state index contributed by atoms with van der Waals surface area (Å²) in [6.07, 6.45) is 1.77. The lowest BCUT2D eigenvalue weighted by Gasteiger charge is -2.42. The molecule has 3 heteroatoms. The zero-order chi connectivity index (χ0) is 23.6. The number of rotatable bonds is 2. The number of benzene rings is 4. The monoisotopic (exact) mass is 450 g/mol. The highest BCUT2D eigenvalue weighted by molar-refractivity contribution is 5.99. The van der Waals surface area contributed by atoms with E-state index in [0.29, 0.717) is 16.4 Å². The van der Waals surface area contributed by atoms with E-state index in [4.69, 9.17) is 4.98 Å². The third kappa shape index (κ3) is 2.55. The summed E-state index contributed by atoms with van der Waals surface area (Å²) in [5.74, 6) is 0. The van der Waals surface area contributed by atoms with Crippen molar-refractivity contribution in [3.63, 3.8) is 0 Å². The lowest BCUT2D eigenvalue weighted by atomic mass is 9.63. The highest BCUT2D eigenvalue weighted by Gasteiger charge is 2.45. The van der Waals surface area contributed by atoms with Crippen molar-refractivity contribution in [3.8, 4) is 5.69 Å². The molecule has 6 aromatic rings. The average Bonchev–Trinajstić information content (AvgIpc) is 2.92. The molecular weight excluding hydrogens is 428 g/mol. The standard InChI is InChI=1S/C32H22N2O/c1-21-17-18-26-28(20-21)34-29-24(30(35)25-15-9-19-33-31(25)34)14-8-16-27(29)32(26,22-10-4-2-5-11-22)23-12-6-3-7-13-23/h2-20H,1H3. The fraction of sp³-hybridized carbons (Fsp3) is 0.0625. The second-order valence-electron chi connectivity index (χ2n) is 9.24. The Morgan fingerprint density at radius 2 is 1.37 bits per heavy atom. The van der Waals surface area contributed by atoms with Crippen LogP contribution >= 0.6 is 0 Å². The van der Waals surface area contributed by atoms with Gasteiger partial charge in [-0.2, -0.15) is 0 Å². The first kappa shape index (κ1) is 19.9. The number of aryl methyl sites for hydroxylation is 1. The maximum atomic E-state index is 13.7. The van der Waals surface area contributed by atoms with Crippen LogP contribution in [-0.4, -0.2) is 9.55 Å². The summed E-state index contributed by atoms with van der Waals surface area (Å²) in [6, 6.07) is 37.8. The maximum absolute atomic E-state index is 13.7. The first-order chi connectivity index (χ1) is 17.2. The van der Waals surface area contributed by atoms with Gasteiger partial charge in [-0.05, 0) is 59.0 Å². The summed E-state index contributed by atoms with van der Waals surface area (Å²) in [5.41, 5.74) is 7.89. The predicted molar refractivity (Wildman–Crippen MR) is 141 cm³/mol. The zero-order valence-corrected chi connectivity index (χ0v) is 19.3. The molecule has 0 saturated heterocycles. The lowest BCUT2D eigenvalue weighted by molar-refractivity contribution is 0.725. The van der Waals surface area contributed by atoms with Gasteiger partial charge in [-0.3, -0.25) is 9.36 Å². The van der Waals surface area contributed by atoms with Crippen LogP contribution in [0.15, 0.2) is 120 Å². The molecule has 0 amide bonds. The summed E-state index contributed by atoms with van der Waals surface area (Å²) in [4.78, 5) is 18.5. The van der Waals surface area contributed by atoms with Crippen LogP contribution < -0.4 is 5.43 Å². The van der Waals surface area contributed by atoms with Crippen molar-refractivity contribution in [1.29, 1.82) is 0 Å². The van der Waals surface area contributed by atoms with Gasteiger partial charge in [0.25, 0.3) is 0 Å². The summed E-state index contributed by atoms with van der Waals surface area (Å²) < 4.78 is 2.20. The minimum atomic E-state index is -0.583. The second kappa shape index (κ2) is 7.25. The fourth-order valence-corrected chi connectivity index (χ4v) is 5.96. The van der Waals surface area contributed by atoms with Gasteiger partial charge >= 0.3 is 0 Å². The zero-order valence-electron chi connectivity index (χ0n) is 19.3. The maximum Gasteiger partial charge on any atom is 0.198 e. The number of pyridine rings is 2. The molecule has 3 heterocycles. The van der Waals surface area contributed by atoms with Crippen molar-refractivity contribution in [1.82, 2.24) is 9.55 Å². The van der Waals surface area contributed by atoms with Gasteiger partial charge in [-0.15, -0.1) is 0 Å². The second-order valence-corrected chi connectivity index (χ2v) is 9.24. The molecular formula is C32H22N2O. The van der Waals surface area contributed by atoms with Gasteiger partial charge in [0, 0.05) is 11.6 Å². The molecule has 3 nitrogen and oxygen atoms in total. The lowest BCUT2D eigenvalue weighted by Crippen LogP contribution is -2.36. The topological polar surface area (TPSA) is 34.9 Å². The van der Waals surface area contributed by atoms with Gasteiger partial charge in [-0.25, -0.2) is 4.98 Å². The van der Waals surface area contributed by atoms with E-state index in [-0.39, 0.29) is 5.43 Å². The Bertz CT molecular complexity index is 1780. The first-order valence-electron chi connectivity index (χ1n) is 11.9. The minimum Gasteiger partial charge on any atom is -0.293 e. The molecule has 0 aliphatic carbocycles. The number of hydrogen-bond donors (Lipinski definition) is 0. The van der Waals surface area contributed by atoms with Crippen molar-refractivity contribution < 1.29 is 0 Å². The molecule has 0 spiro atoms. The number of aromatic nitrogens is 2. The van der Waals surface area contributed by atoms with E-state index >= 15 is 0 Å². The van der Waals surface area contributed by atoms with Crippen LogP contribution in [0.25, 0.3) is 27.6 Å². The molecule has 2 aromatic heterocycles. The molecule has 0 radical (unpaired) electrons. The highest BCUT2D eigenvalue weighted by Crippen LogP contribution is 2.52. The molecule has 166 valence electrons. The van der Waals surface area contributed by atoms with Crippen LogP contribution in [0.4, 0.5) is 0 Å². The van der Waals surface area contributed by atoms with Gasteiger partial charge in [0.05, 0.1) is 22.0 Å². The van der Waals surface area contributed by atoms with Gasteiger partial charge in [0.2, 0.25) is 0 Å². The van der Waals surface area contributed by atoms with Gasteiger partial charge in [0.1, 0.15) is 5.65 Å². The average molecular weight is 451 g/mol. The molecule has 0 unspecified atom stereocenters. The van der Waals surface area contributed by atoms with Crippen LogP contribution in [0.5, 0.6) is 0 Å². The predicted octanol–water partition coefficient (Wildman–Crippen LogP) is 6.54. The third-order valence-electron chi connectivity index (χ3n) is 7.36. The van der Waals surface area contributed by atoms with Gasteiger partial charge in [0.15, 0.2) is 5.43 Å². The number of fused-ring (bicyclic) bond motifs is 4.